The molecule has 0 unspecified atom stereocenters. The van der Waals surface area contributed by atoms with Gasteiger partial charge in [0.15, 0.2) is 0 Å². The van der Waals surface area contributed by atoms with Crippen LogP contribution in [0.5, 0.6) is 0 Å². The minimum Gasteiger partial charge on any atom is -0.331 e. The quantitative estimate of drug-likeness (QED) is 0.703. The molecule has 0 aliphatic rings. The van der Waals surface area contributed by atoms with Crippen molar-refractivity contribution in [1.82, 2.24) is 0 Å². The normalized spacial score (nSPS) is 7.58. The van der Waals surface area contributed by atoms with E-state index in [4.69, 9.17) is 11.5 Å². The fourth-order valence-corrected chi connectivity index (χ4v) is 0.614. The van der Waals surface area contributed by atoms with E-state index in [2.05, 4.69) is 0 Å². The lowest BCUT2D eigenvalue weighted by atomic mass is 10.2. The van der Waals surface area contributed by atoms with Crippen molar-refractivity contribution in [1.29, 1.82) is 0 Å². The van der Waals surface area contributed by atoms with Crippen molar-refractivity contribution in [3.05, 3.63) is 35.9 Å². The van der Waals surface area contributed by atoms with Crippen molar-refractivity contribution in [2.24, 2.45) is 11.5 Å². The maximum atomic E-state index is 5.35. The van der Waals surface area contributed by atoms with Gasteiger partial charge in [-0.3, -0.25) is 0 Å². The highest BCUT2D eigenvalue weighted by atomic mass is 35.5. The van der Waals surface area contributed by atoms with Gasteiger partial charge in [-0.15, -0.1) is 12.4 Å². The first-order chi connectivity index (χ1) is 5.35. The standard InChI is InChI=1S/C7H9N.C2H7N.ClH/c8-6-7-4-2-1-3-5-7;1-2-3;/h1-5H,6,8H2;2-3H2,1H3;1H. The van der Waals surface area contributed by atoms with Gasteiger partial charge in [0.1, 0.15) is 0 Å². The number of hydrogen-bond acceptors (Lipinski definition) is 2. The maximum Gasteiger partial charge on any atom is 0.0178 e. The smallest absolute Gasteiger partial charge is 0.0178 e. The highest BCUT2D eigenvalue weighted by molar-refractivity contribution is 5.85. The number of hydrogen-bond donors (Lipinski definition) is 2. The second-order valence-corrected chi connectivity index (χ2v) is 2.10. The van der Waals surface area contributed by atoms with Crippen LogP contribution in [0.4, 0.5) is 0 Å². The van der Waals surface area contributed by atoms with E-state index in [0.717, 1.165) is 6.54 Å². The molecule has 0 heterocycles. The molecule has 0 amide bonds. The van der Waals surface area contributed by atoms with Crippen LogP contribution in [0, 0.1) is 0 Å². The van der Waals surface area contributed by atoms with Gasteiger partial charge in [-0.2, -0.15) is 0 Å². The SMILES string of the molecule is CCN.Cl.NCc1ccccc1. The molecule has 2 nitrogen and oxygen atoms in total. The molecule has 4 N–H and O–H groups in total. The highest BCUT2D eigenvalue weighted by Crippen LogP contribution is 1.94. The third-order valence-electron chi connectivity index (χ3n) is 1.08. The number of benzene rings is 1. The minimum absolute atomic E-state index is 0. The van der Waals surface area contributed by atoms with Crippen LogP contribution in [0.25, 0.3) is 0 Å². The Balaban J connectivity index is 0. The molecule has 1 rings (SSSR count). The number of nitrogens with two attached hydrogens (primary N) is 2. The molecule has 0 fully saturated rings. The maximum absolute atomic E-state index is 5.35. The van der Waals surface area contributed by atoms with Gasteiger partial charge in [-0.05, 0) is 12.1 Å². The van der Waals surface area contributed by atoms with Crippen LogP contribution in [-0.4, -0.2) is 6.54 Å². The molecule has 0 saturated heterocycles. The third-order valence-corrected chi connectivity index (χ3v) is 1.08. The van der Waals surface area contributed by atoms with E-state index in [1.54, 1.807) is 0 Å². The summed E-state index contributed by atoms with van der Waals surface area (Å²) in [7, 11) is 0. The first-order valence-corrected chi connectivity index (χ1v) is 3.79. The molecule has 12 heavy (non-hydrogen) atoms. The predicted octanol–water partition coefficient (Wildman–Crippen LogP) is 1.53. The second kappa shape index (κ2) is 10.4. The van der Waals surface area contributed by atoms with Crippen LogP contribution >= 0.6 is 12.4 Å². The summed E-state index contributed by atoms with van der Waals surface area (Å²) in [5, 5.41) is 0. The summed E-state index contributed by atoms with van der Waals surface area (Å²) in [6.07, 6.45) is 0. The van der Waals surface area contributed by atoms with Crippen molar-refractivity contribution in [2.45, 2.75) is 13.5 Å². The number of halogens is 1. The molecular weight excluding hydrogens is 172 g/mol. The molecule has 0 aliphatic carbocycles. The Morgan fingerprint density at radius 2 is 1.50 bits per heavy atom. The van der Waals surface area contributed by atoms with Crippen LogP contribution in [0.2, 0.25) is 0 Å². The molecule has 0 saturated carbocycles. The first-order valence-electron chi connectivity index (χ1n) is 3.79. The molecule has 1 aromatic carbocycles. The van der Waals surface area contributed by atoms with E-state index >= 15 is 0 Å². The lowest BCUT2D eigenvalue weighted by molar-refractivity contribution is 1.07. The summed E-state index contributed by atoms with van der Waals surface area (Å²) < 4.78 is 0. The average Bonchev–Trinajstić information content (AvgIpc) is 2.08. The van der Waals surface area contributed by atoms with E-state index in [9.17, 15) is 0 Å². The van der Waals surface area contributed by atoms with Gasteiger partial charge in [0.05, 0.1) is 0 Å². The molecule has 0 atom stereocenters. The van der Waals surface area contributed by atoms with Gasteiger partial charge in [0.25, 0.3) is 0 Å². The zero-order chi connectivity index (χ0) is 8.53. The molecule has 1 aromatic rings. The van der Waals surface area contributed by atoms with Gasteiger partial charge >= 0.3 is 0 Å². The van der Waals surface area contributed by atoms with E-state index < -0.39 is 0 Å². The molecule has 0 spiro atoms. The monoisotopic (exact) mass is 188 g/mol. The zero-order valence-corrected chi connectivity index (χ0v) is 8.18. The summed E-state index contributed by atoms with van der Waals surface area (Å²) in [6, 6.07) is 9.99. The van der Waals surface area contributed by atoms with Crippen LogP contribution in [0.15, 0.2) is 30.3 Å². The van der Waals surface area contributed by atoms with Gasteiger partial charge in [0, 0.05) is 6.54 Å². The van der Waals surface area contributed by atoms with Gasteiger partial charge in [-0.1, -0.05) is 37.3 Å². The van der Waals surface area contributed by atoms with Gasteiger partial charge < -0.3 is 11.5 Å². The average molecular weight is 189 g/mol. The van der Waals surface area contributed by atoms with E-state index in [0.29, 0.717) is 6.54 Å². The number of rotatable bonds is 1. The first kappa shape index (κ1) is 14.0. The van der Waals surface area contributed by atoms with Crippen molar-refractivity contribution in [2.75, 3.05) is 6.54 Å². The van der Waals surface area contributed by atoms with Crippen molar-refractivity contribution in [3.8, 4) is 0 Å². The Bertz CT molecular complexity index is 165. The Labute approximate surface area is 80.4 Å². The van der Waals surface area contributed by atoms with Gasteiger partial charge in [0.2, 0.25) is 0 Å². The van der Waals surface area contributed by atoms with Crippen LogP contribution < -0.4 is 11.5 Å². The summed E-state index contributed by atoms with van der Waals surface area (Å²) in [5.41, 5.74) is 11.4. The molecule has 0 radical (unpaired) electrons. The minimum atomic E-state index is 0. The van der Waals surface area contributed by atoms with Crippen molar-refractivity contribution >= 4 is 12.4 Å². The topological polar surface area (TPSA) is 52.0 Å². The fraction of sp³-hybridized carbons (Fsp3) is 0.333. The predicted molar refractivity (Wildman–Crippen MR) is 56.3 cm³/mol. The Morgan fingerprint density at radius 3 is 1.75 bits per heavy atom. The summed E-state index contributed by atoms with van der Waals surface area (Å²) in [5.74, 6) is 0. The Kier molecular flexibility index (Phi) is 12.2. The van der Waals surface area contributed by atoms with Crippen molar-refractivity contribution < 1.29 is 0 Å². The summed E-state index contributed by atoms with van der Waals surface area (Å²) >= 11 is 0. The largest absolute Gasteiger partial charge is 0.331 e. The Morgan fingerprint density at radius 1 is 1.08 bits per heavy atom. The fourth-order valence-electron chi connectivity index (χ4n) is 0.614. The lowest BCUT2D eigenvalue weighted by Gasteiger charge is -1.90. The van der Waals surface area contributed by atoms with E-state index in [1.165, 1.54) is 5.56 Å². The molecular formula is C9H17ClN2. The van der Waals surface area contributed by atoms with Crippen molar-refractivity contribution in [3.63, 3.8) is 0 Å². The highest BCUT2D eigenvalue weighted by Gasteiger charge is 1.80. The lowest BCUT2D eigenvalue weighted by Crippen LogP contribution is -1.94. The summed E-state index contributed by atoms with van der Waals surface area (Å²) in [6.45, 7) is 3.29. The molecule has 3 heteroatoms. The molecule has 70 valence electrons. The van der Waals surface area contributed by atoms with Crippen LogP contribution in [0.1, 0.15) is 12.5 Å². The molecule has 0 aliphatic heterocycles. The van der Waals surface area contributed by atoms with E-state index in [-0.39, 0.29) is 12.4 Å². The molecule has 0 bridgehead atoms. The zero-order valence-electron chi connectivity index (χ0n) is 7.36. The van der Waals surface area contributed by atoms with Gasteiger partial charge in [-0.25, -0.2) is 0 Å². The molecule has 0 aromatic heterocycles. The third kappa shape index (κ3) is 7.54. The second-order valence-electron chi connectivity index (χ2n) is 2.10. The van der Waals surface area contributed by atoms with Crippen LogP contribution in [-0.2, 0) is 6.54 Å². The summed E-state index contributed by atoms with van der Waals surface area (Å²) in [4.78, 5) is 0. The Hall–Kier alpha value is -0.570. The van der Waals surface area contributed by atoms with Crippen LogP contribution in [0.3, 0.4) is 0 Å². The van der Waals surface area contributed by atoms with E-state index in [1.807, 2.05) is 37.3 Å².